The first kappa shape index (κ1) is 13.1. The molecule has 7 heteroatoms. The van der Waals surface area contributed by atoms with Gasteiger partial charge in [0.15, 0.2) is 0 Å². The second kappa shape index (κ2) is 5.53. The van der Waals surface area contributed by atoms with E-state index < -0.39 is 5.97 Å². The van der Waals surface area contributed by atoms with Crippen molar-refractivity contribution in [2.24, 2.45) is 0 Å². The largest absolute Gasteiger partial charge is 0.463 e. The molecule has 2 rings (SSSR count). The summed E-state index contributed by atoms with van der Waals surface area (Å²) in [5.74, 6) is -0.0627. The van der Waals surface area contributed by atoms with Crippen LogP contribution in [0.15, 0.2) is 30.5 Å². The maximum Gasteiger partial charge on any atom is 0.376 e. The van der Waals surface area contributed by atoms with Gasteiger partial charge in [-0.3, -0.25) is 0 Å². The van der Waals surface area contributed by atoms with E-state index in [1.165, 1.54) is 19.4 Å². The molecule has 1 aromatic carbocycles. The van der Waals surface area contributed by atoms with Crippen molar-refractivity contribution in [1.82, 2.24) is 9.97 Å². The van der Waals surface area contributed by atoms with Crippen molar-refractivity contribution in [1.29, 1.82) is 0 Å². The smallest absolute Gasteiger partial charge is 0.376 e. The molecule has 19 heavy (non-hydrogen) atoms. The summed E-state index contributed by atoms with van der Waals surface area (Å²) in [6, 6.07) is 6.31. The lowest BCUT2D eigenvalue weighted by molar-refractivity contribution is 0.0585. The van der Waals surface area contributed by atoms with E-state index in [-0.39, 0.29) is 11.7 Å². The Balaban J connectivity index is 2.23. The van der Waals surface area contributed by atoms with Gasteiger partial charge in [0.05, 0.1) is 17.8 Å². The number of methoxy groups -OCH3 is 1. The minimum Gasteiger partial charge on any atom is -0.463 e. The Bertz CT molecular complexity index is 619. The summed E-state index contributed by atoms with van der Waals surface area (Å²) in [6.07, 6.45) is 1.40. The Hall–Kier alpha value is -2.34. The van der Waals surface area contributed by atoms with E-state index in [1.807, 2.05) is 0 Å². The standard InChI is InChI=1S/C12H10ClN3O3/c1-18-12(17)11-15-5-4-10(16-11)19-7-2-3-9(14)8(13)6-7/h2-6H,14H2,1H3. The van der Waals surface area contributed by atoms with Crippen LogP contribution in [0.3, 0.4) is 0 Å². The summed E-state index contributed by atoms with van der Waals surface area (Å²) in [7, 11) is 1.25. The monoisotopic (exact) mass is 279 g/mol. The van der Waals surface area contributed by atoms with E-state index in [0.717, 1.165) is 0 Å². The average molecular weight is 280 g/mol. The summed E-state index contributed by atoms with van der Waals surface area (Å²) >= 11 is 5.87. The highest BCUT2D eigenvalue weighted by molar-refractivity contribution is 6.33. The van der Waals surface area contributed by atoms with Crippen molar-refractivity contribution in [3.8, 4) is 11.6 Å². The fourth-order valence-corrected chi connectivity index (χ4v) is 1.45. The van der Waals surface area contributed by atoms with E-state index in [9.17, 15) is 4.79 Å². The zero-order valence-corrected chi connectivity index (χ0v) is 10.7. The summed E-state index contributed by atoms with van der Waals surface area (Å²) in [5, 5.41) is 0.375. The number of aromatic nitrogens is 2. The molecule has 0 spiro atoms. The third-order valence-electron chi connectivity index (χ3n) is 2.19. The molecule has 0 aliphatic heterocycles. The number of carbonyl (C=O) groups is 1. The first-order valence-corrected chi connectivity index (χ1v) is 5.62. The predicted molar refractivity (Wildman–Crippen MR) is 69.3 cm³/mol. The van der Waals surface area contributed by atoms with Crippen molar-refractivity contribution >= 4 is 23.3 Å². The molecule has 2 aromatic rings. The van der Waals surface area contributed by atoms with E-state index in [0.29, 0.717) is 16.5 Å². The van der Waals surface area contributed by atoms with Gasteiger partial charge in [-0.25, -0.2) is 9.78 Å². The number of ether oxygens (including phenoxy) is 2. The number of nitrogen functional groups attached to an aromatic ring is 1. The molecule has 0 bridgehead atoms. The molecule has 0 saturated carbocycles. The van der Waals surface area contributed by atoms with Gasteiger partial charge in [0.2, 0.25) is 11.7 Å². The fourth-order valence-electron chi connectivity index (χ4n) is 1.28. The van der Waals surface area contributed by atoms with Crippen LogP contribution in [-0.4, -0.2) is 23.0 Å². The average Bonchev–Trinajstić information content (AvgIpc) is 2.42. The minimum absolute atomic E-state index is 0.0819. The van der Waals surface area contributed by atoms with Gasteiger partial charge in [-0.15, -0.1) is 0 Å². The van der Waals surface area contributed by atoms with E-state index >= 15 is 0 Å². The van der Waals surface area contributed by atoms with Gasteiger partial charge < -0.3 is 15.2 Å². The number of anilines is 1. The van der Waals surface area contributed by atoms with Gasteiger partial charge in [0.1, 0.15) is 5.75 Å². The molecule has 0 unspecified atom stereocenters. The molecule has 0 fully saturated rings. The zero-order chi connectivity index (χ0) is 13.8. The maximum absolute atomic E-state index is 11.3. The van der Waals surface area contributed by atoms with Gasteiger partial charge in [-0.05, 0) is 12.1 Å². The van der Waals surface area contributed by atoms with Crippen LogP contribution in [0.25, 0.3) is 0 Å². The van der Waals surface area contributed by atoms with Crippen LogP contribution in [-0.2, 0) is 4.74 Å². The molecule has 0 amide bonds. The number of nitrogens with zero attached hydrogens (tertiary/aromatic N) is 2. The lowest BCUT2D eigenvalue weighted by atomic mass is 10.3. The van der Waals surface area contributed by atoms with Crippen LogP contribution >= 0.6 is 11.6 Å². The highest BCUT2D eigenvalue weighted by Crippen LogP contribution is 2.27. The third kappa shape index (κ3) is 3.11. The molecular formula is C12H10ClN3O3. The van der Waals surface area contributed by atoms with Crippen LogP contribution in [0.4, 0.5) is 5.69 Å². The van der Waals surface area contributed by atoms with E-state index in [4.69, 9.17) is 22.1 Å². The molecular weight excluding hydrogens is 270 g/mol. The number of nitrogens with two attached hydrogens (primary N) is 1. The number of benzene rings is 1. The second-order valence-electron chi connectivity index (χ2n) is 3.50. The molecule has 1 heterocycles. The van der Waals surface area contributed by atoms with E-state index in [2.05, 4.69) is 14.7 Å². The van der Waals surface area contributed by atoms with Crippen molar-refractivity contribution in [2.75, 3.05) is 12.8 Å². The quantitative estimate of drug-likeness (QED) is 0.685. The lowest BCUT2D eigenvalue weighted by Gasteiger charge is -2.06. The molecule has 98 valence electrons. The van der Waals surface area contributed by atoms with Crippen LogP contribution in [0, 0.1) is 0 Å². The molecule has 0 aliphatic carbocycles. The van der Waals surface area contributed by atoms with E-state index in [1.54, 1.807) is 18.2 Å². The van der Waals surface area contributed by atoms with Crippen LogP contribution in [0.5, 0.6) is 11.6 Å². The SMILES string of the molecule is COC(=O)c1nccc(Oc2ccc(N)c(Cl)c2)n1. The Morgan fingerprint density at radius 2 is 2.16 bits per heavy atom. The highest BCUT2D eigenvalue weighted by Gasteiger charge is 2.10. The van der Waals surface area contributed by atoms with Crippen LogP contribution in [0.1, 0.15) is 10.6 Å². The van der Waals surface area contributed by atoms with Crippen molar-refractivity contribution < 1.29 is 14.3 Å². The summed E-state index contributed by atoms with van der Waals surface area (Å²) < 4.78 is 9.97. The van der Waals surface area contributed by atoms with Gasteiger partial charge in [0.25, 0.3) is 0 Å². The molecule has 0 saturated heterocycles. The van der Waals surface area contributed by atoms with Gasteiger partial charge in [-0.2, -0.15) is 4.98 Å². The number of hydrogen-bond acceptors (Lipinski definition) is 6. The normalized spacial score (nSPS) is 10.0. The minimum atomic E-state index is -0.638. The molecule has 0 atom stereocenters. The van der Waals surface area contributed by atoms with Crippen molar-refractivity contribution in [3.63, 3.8) is 0 Å². The Morgan fingerprint density at radius 1 is 1.37 bits per heavy atom. The molecule has 0 aliphatic rings. The molecule has 6 nitrogen and oxygen atoms in total. The predicted octanol–water partition coefficient (Wildman–Crippen LogP) is 2.29. The number of esters is 1. The highest BCUT2D eigenvalue weighted by atomic mass is 35.5. The van der Waals surface area contributed by atoms with Crippen molar-refractivity contribution in [2.45, 2.75) is 0 Å². The lowest BCUT2D eigenvalue weighted by Crippen LogP contribution is -2.07. The Labute approximate surface area is 114 Å². The topological polar surface area (TPSA) is 87.3 Å². The summed E-state index contributed by atoms with van der Waals surface area (Å²) in [6.45, 7) is 0. The molecule has 0 radical (unpaired) electrons. The fraction of sp³-hybridized carbons (Fsp3) is 0.0833. The summed E-state index contributed by atoms with van der Waals surface area (Å²) in [5.41, 5.74) is 6.04. The number of rotatable bonds is 3. The van der Waals surface area contributed by atoms with Crippen LogP contribution in [0.2, 0.25) is 5.02 Å². The van der Waals surface area contributed by atoms with Crippen molar-refractivity contribution in [3.05, 3.63) is 41.3 Å². The first-order chi connectivity index (χ1) is 9.10. The molecule has 1 aromatic heterocycles. The number of carbonyl (C=O) groups excluding carboxylic acids is 1. The van der Waals surface area contributed by atoms with Gasteiger partial charge >= 0.3 is 5.97 Å². The Morgan fingerprint density at radius 3 is 2.84 bits per heavy atom. The van der Waals surface area contributed by atoms with Crippen LogP contribution < -0.4 is 10.5 Å². The van der Waals surface area contributed by atoms with Gasteiger partial charge in [0, 0.05) is 18.3 Å². The number of hydrogen-bond donors (Lipinski definition) is 1. The van der Waals surface area contributed by atoms with Gasteiger partial charge in [-0.1, -0.05) is 11.6 Å². The summed E-state index contributed by atoms with van der Waals surface area (Å²) in [4.78, 5) is 19.0. The first-order valence-electron chi connectivity index (χ1n) is 5.24. The second-order valence-corrected chi connectivity index (χ2v) is 3.90. The zero-order valence-electron chi connectivity index (χ0n) is 9.96. The number of halogens is 1. The molecule has 2 N–H and O–H groups in total. The third-order valence-corrected chi connectivity index (χ3v) is 2.52. The maximum atomic E-state index is 11.3. The Kier molecular flexibility index (Phi) is 3.82.